The summed E-state index contributed by atoms with van der Waals surface area (Å²) < 4.78 is 34.4. The molecule has 2 heterocycles. The zero-order valence-electron chi connectivity index (χ0n) is 16.3. The highest BCUT2D eigenvalue weighted by Gasteiger charge is 2.34. The topological polar surface area (TPSA) is 96.8 Å². The van der Waals surface area contributed by atoms with Crippen molar-refractivity contribution in [2.75, 3.05) is 44.7 Å². The Morgan fingerprint density at radius 2 is 1.89 bits per heavy atom. The highest BCUT2D eigenvalue weighted by atomic mass is 32.2. The van der Waals surface area contributed by atoms with Gasteiger partial charge in [-0.05, 0) is 19.1 Å². The molecule has 1 N–H and O–H groups in total. The van der Waals surface area contributed by atoms with E-state index >= 15 is 0 Å². The Hall–Kier alpha value is -2.59. The van der Waals surface area contributed by atoms with E-state index < -0.39 is 15.9 Å². The fourth-order valence-corrected chi connectivity index (χ4v) is 4.80. The molecule has 1 aromatic carbocycles. The molecular formula is C18H25N5O4S. The standard InChI is InChI=1S/C18H25N5O4S/c1-4-19-17(24)14-13-21(2)20-18(14)28(25,26)23-11-9-22(10-12-23)15-7-5-6-8-16(15)27-3/h5-8,13H,4,9-12H2,1-3H3,(H,19,24). The minimum absolute atomic E-state index is 0.0662. The van der Waals surface area contributed by atoms with Crippen LogP contribution in [0.1, 0.15) is 17.3 Å². The summed E-state index contributed by atoms with van der Waals surface area (Å²) in [5.41, 5.74) is 0.999. The van der Waals surface area contributed by atoms with Crippen molar-refractivity contribution in [3.8, 4) is 5.75 Å². The molecule has 1 aliphatic rings. The van der Waals surface area contributed by atoms with E-state index in [1.54, 1.807) is 21.1 Å². The van der Waals surface area contributed by atoms with Gasteiger partial charge in [-0.2, -0.15) is 9.40 Å². The molecule has 0 aliphatic carbocycles. The molecule has 0 unspecified atom stereocenters. The maximum absolute atomic E-state index is 13.1. The Morgan fingerprint density at radius 3 is 2.54 bits per heavy atom. The van der Waals surface area contributed by atoms with E-state index in [1.807, 2.05) is 24.3 Å². The molecule has 1 aliphatic heterocycles. The van der Waals surface area contributed by atoms with Crippen LogP contribution in [0.25, 0.3) is 0 Å². The molecule has 9 nitrogen and oxygen atoms in total. The first-order valence-electron chi connectivity index (χ1n) is 9.08. The second-order valence-corrected chi connectivity index (χ2v) is 8.30. The lowest BCUT2D eigenvalue weighted by Crippen LogP contribution is -2.49. The van der Waals surface area contributed by atoms with Gasteiger partial charge in [0.05, 0.1) is 18.4 Å². The number of rotatable bonds is 6. The predicted octanol–water partition coefficient (Wildman–Crippen LogP) is 0.689. The van der Waals surface area contributed by atoms with Gasteiger partial charge >= 0.3 is 0 Å². The summed E-state index contributed by atoms with van der Waals surface area (Å²) in [6, 6.07) is 7.65. The van der Waals surface area contributed by atoms with Crippen LogP contribution in [0.2, 0.25) is 0 Å². The highest BCUT2D eigenvalue weighted by Crippen LogP contribution is 2.29. The number of carbonyl (C=O) groups is 1. The van der Waals surface area contributed by atoms with Crippen LogP contribution in [0, 0.1) is 0 Å². The lowest BCUT2D eigenvalue weighted by Gasteiger charge is -2.35. The third-order valence-corrected chi connectivity index (χ3v) is 6.46. The molecule has 3 rings (SSSR count). The zero-order valence-corrected chi connectivity index (χ0v) is 17.1. The van der Waals surface area contributed by atoms with E-state index in [2.05, 4.69) is 15.3 Å². The molecule has 1 aromatic heterocycles. The van der Waals surface area contributed by atoms with Crippen LogP contribution in [-0.4, -0.2) is 68.2 Å². The molecule has 1 saturated heterocycles. The quantitative estimate of drug-likeness (QED) is 0.757. The largest absolute Gasteiger partial charge is 0.495 e. The zero-order chi connectivity index (χ0) is 20.3. The number of nitrogens with one attached hydrogen (secondary N) is 1. The van der Waals surface area contributed by atoms with Gasteiger partial charge in [-0.1, -0.05) is 12.1 Å². The summed E-state index contributed by atoms with van der Waals surface area (Å²) in [4.78, 5) is 14.3. The summed E-state index contributed by atoms with van der Waals surface area (Å²) in [5, 5.41) is 6.49. The number of hydrogen-bond acceptors (Lipinski definition) is 6. The summed E-state index contributed by atoms with van der Waals surface area (Å²) in [5.74, 6) is 0.309. The van der Waals surface area contributed by atoms with E-state index in [-0.39, 0.29) is 10.6 Å². The minimum Gasteiger partial charge on any atom is -0.495 e. The average Bonchev–Trinajstić information content (AvgIpc) is 3.11. The number of methoxy groups -OCH3 is 1. The number of amides is 1. The van der Waals surface area contributed by atoms with E-state index in [1.165, 1.54) is 15.2 Å². The van der Waals surface area contributed by atoms with E-state index in [0.717, 1.165) is 11.4 Å². The van der Waals surface area contributed by atoms with E-state index in [9.17, 15) is 13.2 Å². The smallest absolute Gasteiger partial charge is 0.263 e. The average molecular weight is 407 g/mol. The number of benzene rings is 1. The van der Waals surface area contributed by atoms with Gasteiger partial charge in [0.2, 0.25) is 5.03 Å². The first-order chi connectivity index (χ1) is 13.4. The molecule has 0 saturated carbocycles. The van der Waals surface area contributed by atoms with Gasteiger partial charge in [0.15, 0.2) is 0 Å². The first-order valence-corrected chi connectivity index (χ1v) is 10.5. The summed E-state index contributed by atoms with van der Waals surface area (Å²) in [6.45, 7) is 3.81. The van der Waals surface area contributed by atoms with Gasteiger partial charge < -0.3 is 15.0 Å². The minimum atomic E-state index is -3.87. The molecule has 2 aromatic rings. The van der Waals surface area contributed by atoms with Crippen LogP contribution < -0.4 is 15.0 Å². The summed E-state index contributed by atoms with van der Waals surface area (Å²) >= 11 is 0. The van der Waals surface area contributed by atoms with Crippen LogP contribution in [0.5, 0.6) is 5.75 Å². The summed E-state index contributed by atoms with van der Waals surface area (Å²) in [7, 11) is -0.661. The molecule has 0 spiro atoms. The number of hydrogen-bond donors (Lipinski definition) is 1. The Bertz CT molecular complexity index is 949. The maximum Gasteiger partial charge on any atom is 0.263 e. The fourth-order valence-electron chi connectivity index (χ4n) is 3.25. The molecule has 10 heteroatoms. The van der Waals surface area contributed by atoms with Crippen molar-refractivity contribution in [3.05, 3.63) is 36.0 Å². The number of ether oxygens (including phenoxy) is 1. The number of aromatic nitrogens is 2. The van der Waals surface area contributed by atoms with Gasteiger partial charge in [-0.15, -0.1) is 0 Å². The lowest BCUT2D eigenvalue weighted by atomic mass is 10.2. The Balaban J connectivity index is 1.80. The predicted molar refractivity (Wildman–Crippen MR) is 105 cm³/mol. The molecule has 0 bridgehead atoms. The second kappa shape index (κ2) is 8.19. The number of aryl methyl sites for hydroxylation is 1. The van der Waals surface area contributed by atoms with Crippen molar-refractivity contribution in [1.82, 2.24) is 19.4 Å². The Kier molecular flexibility index (Phi) is 5.90. The third-order valence-electron chi connectivity index (χ3n) is 4.63. The van der Waals surface area contributed by atoms with Crippen molar-refractivity contribution < 1.29 is 17.9 Å². The van der Waals surface area contributed by atoms with Gasteiger partial charge in [-0.25, -0.2) is 8.42 Å². The fraction of sp³-hybridized carbons (Fsp3) is 0.444. The SMILES string of the molecule is CCNC(=O)c1cn(C)nc1S(=O)(=O)N1CCN(c2ccccc2OC)CC1. The number of sulfonamides is 1. The monoisotopic (exact) mass is 407 g/mol. The van der Waals surface area contributed by atoms with Crippen molar-refractivity contribution in [3.63, 3.8) is 0 Å². The van der Waals surface area contributed by atoms with Crippen molar-refractivity contribution in [2.24, 2.45) is 7.05 Å². The van der Waals surface area contributed by atoms with Crippen LogP contribution in [0.15, 0.2) is 35.5 Å². The summed E-state index contributed by atoms with van der Waals surface area (Å²) in [6.07, 6.45) is 1.43. The Morgan fingerprint density at radius 1 is 1.21 bits per heavy atom. The molecule has 28 heavy (non-hydrogen) atoms. The number of anilines is 1. The van der Waals surface area contributed by atoms with Crippen LogP contribution >= 0.6 is 0 Å². The number of carbonyl (C=O) groups excluding carboxylic acids is 1. The molecule has 152 valence electrons. The van der Waals surface area contributed by atoms with Gasteiger partial charge in [0, 0.05) is 46.0 Å². The number of para-hydroxylation sites is 2. The maximum atomic E-state index is 13.1. The van der Waals surface area contributed by atoms with Crippen molar-refractivity contribution >= 4 is 21.6 Å². The van der Waals surface area contributed by atoms with Crippen molar-refractivity contribution in [2.45, 2.75) is 11.9 Å². The molecule has 1 fully saturated rings. The van der Waals surface area contributed by atoms with Crippen molar-refractivity contribution in [1.29, 1.82) is 0 Å². The third kappa shape index (κ3) is 3.83. The normalized spacial score (nSPS) is 15.5. The first kappa shape index (κ1) is 20.2. The molecule has 1 amide bonds. The van der Waals surface area contributed by atoms with E-state index in [0.29, 0.717) is 32.7 Å². The van der Waals surface area contributed by atoms with Gasteiger partial charge in [0.25, 0.3) is 15.9 Å². The molecule has 0 radical (unpaired) electrons. The van der Waals surface area contributed by atoms with Crippen LogP contribution in [0.4, 0.5) is 5.69 Å². The van der Waals surface area contributed by atoms with Gasteiger partial charge in [-0.3, -0.25) is 9.48 Å². The Labute approximate surface area is 164 Å². The lowest BCUT2D eigenvalue weighted by molar-refractivity contribution is 0.0952. The van der Waals surface area contributed by atoms with E-state index in [4.69, 9.17) is 4.74 Å². The molecule has 0 atom stereocenters. The molecular weight excluding hydrogens is 382 g/mol. The van der Waals surface area contributed by atoms with Gasteiger partial charge in [0.1, 0.15) is 5.75 Å². The van der Waals surface area contributed by atoms with Crippen LogP contribution in [-0.2, 0) is 17.1 Å². The van der Waals surface area contributed by atoms with Crippen LogP contribution in [0.3, 0.4) is 0 Å². The number of nitrogens with zero attached hydrogens (tertiary/aromatic N) is 4. The highest BCUT2D eigenvalue weighted by molar-refractivity contribution is 7.89. The number of piperazine rings is 1. The second-order valence-electron chi connectivity index (χ2n) is 6.44.